The Kier molecular flexibility index (Phi) is 4.58. The first-order chi connectivity index (χ1) is 10.9. The Morgan fingerprint density at radius 3 is 2.70 bits per heavy atom. The molecule has 23 heavy (non-hydrogen) atoms. The second-order valence-electron chi connectivity index (χ2n) is 5.20. The van der Waals surface area contributed by atoms with Crippen LogP contribution in [0.1, 0.15) is 16.9 Å². The number of aromatic nitrogens is 2. The SMILES string of the molecule is CSc1ncc(C(=O)OC[C@@H]2CC2(Cl)Cl)n1-c1ccc(F)cc1. The van der Waals surface area contributed by atoms with Crippen LogP contribution in [-0.4, -0.2) is 32.7 Å². The van der Waals surface area contributed by atoms with Crippen LogP contribution in [0, 0.1) is 11.7 Å². The maximum Gasteiger partial charge on any atom is 0.357 e. The van der Waals surface area contributed by atoms with E-state index in [4.69, 9.17) is 27.9 Å². The van der Waals surface area contributed by atoms with E-state index in [0.717, 1.165) is 0 Å². The van der Waals surface area contributed by atoms with Crippen LogP contribution in [0.25, 0.3) is 5.69 Å². The highest BCUT2D eigenvalue weighted by molar-refractivity contribution is 7.98. The molecule has 1 heterocycles. The number of alkyl halides is 2. The average Bonchev–Trinajstić information content (AvgIpc) is 2.95. The van der Waals surface area contributed by atoms with E-state index in [1.54, 1.807) is 16.7 Å². The van der Waals surface area contributed by atoms with E-state index >= 15 is 0 Å². The molecular weight excluding hydrogens is 362 g/mol. The fourth-order valence-corrected chi connectivity index (χ4v) is 3.21. The van der Waals surface area contributed by atoms with Gasteiger partial charge in [0.05, 0.1) is 12.8 Å². The maximum absolute atomic E-state index is 13.1. The van der Waals surface area contributed by atoms with Gasteiger partial charge >= 0.3 is 5.97 Å². The molecule has 0 aliphatic heterocycles. The first-order valence-corrected chi connectivity index (χ1v) is 8.83. The van der Waals surface area contributed by atoms with Crippen LogP contribution in [0.2, 0.25) is 0 Å². The summed E-state index contributed by atoms with van der Waals surface area (Å²) >= 11 is 13.2. The number of benzene rings is 1. The zero-order valence-corrected chi connectivity index (χ0v) is 14.5. The third-order valence-corrected chi connectivity index (χ3v) is 5.16. The first-order valence-electron chi connectivity index (χ1n) is 6.85. The van der Waals surface area contributed by atoms with Crippen LogP contribution in [0.5, 0.6) is 0 Å². The number of nitrogens with zero attached hydrogens (tertiary/aromatic N) is 2. The van der Waals surface area contributed by atoms with Gasteiger partial charge < -0.3 is 4.74 Å². The summed E-state index contributed by atoms with van der Waals surface area (Å²) in [5.74, 6) is -0.909. The molecule has 3 rings (SSSR count). The van der Waals surface area contributed by atoms with Gasteiger partial charge in [-0.1, -0.05) is 11.8 Å². The van der Waals surface area contributed by atoms with Gasteiger partial charge in [-0.05, 0) is 36.9 Å². The van der Waals surface area contributed by atoms with Gasteiger partial charge in [-0.3, -0.25) is 4.57 Å². The Labute approximate surface area is 146 Å². The summed E-state index contributed by atoms with van der Waals surface area (Å²) in [6.07, 6.45) is 3.90. The number of ether oxygens (including phenoxy) is 1. The standard InChI is InChI=1S/C15H13Cl2FN2O2S/c1-23-14-19-7-12(13(21)22-8-9-6-15(9,16)17)20(14)11-4-2-10(18)3-5-11/h2-5,7,9H,6,8H2,1H3/t9-/m0/s1. The fourth-order valence-electron chi connectivity index (χ4n) is 2.16. The van der Waals surface area contributed by atoms with E-state index in [9.17, 15) is 9.18 Å². The van der Waals surface area contributed by atoms with Gasteiger partial charge in [0.1, 0.15) is 10.2 Å². The zero-order valence-electron chi connectivity index (χ0n) is 12.1. The second kappa shape index (κ2) is 6.34. The third kappa shape index (κ3) is 3.49. The molecule has 0 N–H and O–H groups in total. The largest absolute Gasteiger partial charge is 0.461 e. The van der Waals surface area contributed by atoms with Gasteiger partial charge in [0, 0.05) is 11.6 Å². The molecular formula is C15H13Cl2FN2O2S. The minimum atomic E-state index is -0.790. The number of carbonyl (C=O) groups excluding carboxylic acids is 1. The number of hydrogen-bond acceptors (Lipinski definition) is 4. The lowest BCUT2D eigenvalue weighted by Gasteiger charge is -2.11. The Balaban J connectivity index is 1.83. The predicted octanol–water partition coefficient (Wildman–Crippen LogP) is 4.08. The molecule has 0 spiro atoms. The van der Waals surface area contributed by atoms with Crippen LogP contribution in [-0.2, 0) is 4.74 Å². The van der Waals surface area contributed by atoms with Gasteiger partial charge in [0.2, 0.25) is 0 Å². The van der Waals surface area contributed by atoms with Crippen molar-refractivity contribution < 1.29 is 13.9 Å². The van der Waals surface area contributed by atoms with Gasteiger partial charge in [-0.15, -0.1) is 23.2 Å². The molecule has 1 aromatic heterocycles. The van der Waals surface area contributed by atoms with Crippen molar-refractivity contribution in [1.29, 1.82) is 0 Å². The van der Waals surface area contributed by atoms with Crippen molar-refractivity contribution in [2.75, 3.05) is 12.9 Å². The third-order valence-electron chi connectivity index (χ3n) is 3.58. The molecule has 122 valence electrons. The Morgan fingerprint density at radius 1 is 1.48 bits per heavy atom. The summed E-state index contributed by atoms with van der Waals surface area (Å²) in [4.78, 5) is 16.5. The Hall–Kier alpha value is -1.24. The smallest absolute Gasteiger partial charge is 0.357 e. The van der Waals surface area contributed by atoms with Crippen molar-refractivity contribution in [1.82, 2.24) is 9.55 Å². The molecule has 0 unspecified atom stereocenters. The predicted molar refractivity (Wildman–Crippen MR) is 88.1 cm³/mol. The highest BCUT2D eigenvalue weighted by Crippen LogP contribution is 2.53. The molecule has 0 amide bonds. The minimum absolute atomic E-state index is 0.0444. The molecule has 1 fully saturated rings. The molecule has 8 heteroatoms. The molecule has 0 saturated heterocycles. The van der Waals surface area contributed by atoms with Crippen molar-refractivity contribution >= 4 is 40.9 Å². The molecule has 1 aliphatic rings. The Bertz CT molecular complexity index is 734. The van der Waals surface area contributed by atoms with Crippen molar-refractivity contribution in [3.63, 3.8) is 0 Å². The number of carbonyl (C=O) groups is 1. The molecule has 4 nitrogen and oxygen atoms in total. The van der Waals surface area contributed by atoms with Crippen LogP contribution in [0.4, 0.5) is 4.39 Å². The topological polar surface area (TPSA) is 44.1 Å². The average molecular weight is 375 g/mol. The lowest BCUT2D eigenvalue weighted by atomic mass is 10.3. The van der Waals surface area contributed by atoms with E-state index < -0.39 is 10.3 Å². The summed E-state index contributed by atoms with van der Waals surface area (Å²) in [7, 11) is 0. The van der Waals surface area contributed by atoms with E-state index in [1.165, 1.54) is 30.1 Å². The molecule has 1 aliphatic carbocycles. The number of hydrogen-bond donors (Lipinski definition) is 0. The van der Waals surface area contributed by atoms with Crippen LogP contribution >= 0.6 is 35.0 Å². The van der Waals surface area contributed by atoms with Gasteiger partial charge in [-0.2, -0.15) is 0 Å². The lowest BCUT2D eigenvalue weighted by Crippen LogP contribution is -2.14. The molecule has 1 atom stereocenters. The highest BCUT2D eigenvalue weighted by atomic mass is 35.5. The summed E-state index contributed by atoms with van der Waals surface area (Å²) in [6, 6.07) is 5.82. The number of halogens is 3. The summed E-state index contributed by atoms with van der Waals surface area (Å²) in [5.41, 5.74) is 0.909. The molecule has 2 aromatic rings. The normalized spacial score (nSPS) is 18.7. The van der Waals surface area contributed by atoms with Gasteiger partial charge in [0.15, 0.2) is 10.9 Å². The summed E-state index contributed by atoms with van der Waals surface area (Å²) < 4.78 is 19.2. The molecule has 0 radical (unpaired) electrons. The zero-order chi connectivity index (χ0) is 16.6. The fraction of sp³-hybridized carbons (Fsp3) is 0.333. The van der Waals surface area contributed by atoms with Crippen LogP contribution < -0.4 is 0 Å². The minimum Gasteiger partial charge on any atom is -0.461 e. The van der Waals surface area contributed by atoms with E-state index in [-0.39, 0.29) is 24.0 Å². The quantitative estimate of drug-likeness (QED) is 0.449. The summed E-state index contributed by atoms with van der Waals surface area (Å²) in [5, 5.41) is 0.610. The van der Waals surface area contributed by atoms with E-state index in [1.807, 2.05) is 6.26 Å². The van der Waals surface area contributed by atoms with Crippen molar-refractivity contribution in [2.24, 2.45) is 5.92 Å². The molecule has 1 saturated carbocycles. The summed E-state index contributed by atoms with van der Waals surface area (Å²) in [6.45, 7) is 0.162. The van der Waals surface area contributed by atoms with Crippen LogP contribution in [0.15, 0.2) is 35.6 Å². The van der Waals surface area contributed by atoms with Crippen LogP contribution in [0.3, 0.4) is 0 Å². The first kappa shape index (κ1) is 16.6. The van der Waals surface area contributed by atoms with E-state index in [0.29, 0.717) is 17.3 Å². The van der Waals surface area contributed by atoms with Crippen molar-refractivity contribution in [3.8, 4) is 5.69 Å². The molecule has 1 aromatic carbocycles. The number of rotatable bonds is 5. The molecule has 0 bridgehead atoms. The lowest BCUT2D eigenvalue weighted by molar-refractivity contribution is 0.0475. The highest BCUT2D eigenvalue weighted by Gasteiger charge is 2.52. The van der Waals surface area contributed by atoms with E-state index in [2.05, 4.69) is 4.98 Å². The van der Waals surface area contributed by atoms with Crippen molar-refractivity contribution in [2.45, 2.75) is 15.9 Å². The maximum atomic E-state index is 13.1. The number of esters is 1. The van der Waals surface area contributed by atoms with Gasteiger partial charge in [0.25, 0.3) is 0 Å². The Morgan fingerprint density at radius 2 is 2.13 bits per heavy atom. The van der Waals surface area contributed by atoms with Crippen molar-refractivity contribution in [3.05, 3.63) is 42.0 Å². The second-order valence-corrected chi connectivity index (χ2v) is 7.52. The van der Waals surface area contributed by atoms with Gasteiger partial charge in [-0.25, -0.2) is 14.2 Å². The monoisotopic (exact) mass is 374 g/mol. The number of imidazole rings is 1. The number of thioether (sulfide) groups is 1.